The van der Waals surface area contributed by atoms with Crippen LogP contribution in [0.25, 0.3) is 0 Å². The van der Waals surface area contributed by atoms with E-state index in [1.807, 2.05) is 0 Å². The summed E-state index contributed by atoms with van der Waals surface area (Å²) < 4.78 is 5.46. The van der Waals surface area contributed by atoms with Crippen LogP contribution >= 0.6 is 0 Å². The number of fused-ring (bicyclic) bond motifs is 1. The smallest absolute Gasteiger partial charge is 0.0642 e. The Morgan fingerprint density at radius 1 is 1.30 bits per heavy atom. The van der Waals surface area contributed by atoms with Gasteiger partial charge < -0.3 is 14.5 Å². The zero-order valence-electron chi connectivity index (χ0n) is 12.3. The van der Waals surface area contributed by atoms with Gasteiger partial charge in [0.05, 0.1) is 13.2 Å². The van der Waals surface area contributed by atoms with Crippen molar-refractivity contribution in [1.82, 2.24) is 4.90 Å². The van der Waals surface area contributed by atoms with Crippen LogP contribution in [-0.2, 0) is 10.2 Å². The van der Waals surface area contributed by atoms with E-state index in [0.29, 0.717) is 5.41 Å². The number of morpholine rings is 1. The molecule has 0 radical (unpaired) electrons. The van der Waals surface area contributed by atoms with Crippen molar-refractivity contribution in [1.29, 1.82) is 0 Å². The second-order valence-corrected chi connectivity index (χ2v) is 6.53. The lowest BCUT2D eigenvalue weighted by Crippen LogP contribution is -2.36. The summed E-state index contributed by atoms with van der Waals surface area (Å²) in [6.45, 7) is 9.83. The molecule has 0 bridgehead atoms. The lowest BCUT2D eigenvalue weighted by Gasteiger charge is -2.30. The molecule has 1 aliphatic carbocycles. The van der Waals surface area contributed by atoms with E-state index in [1.165, 1.54) is 31.7 Å². The quantitative estimate of drug-likeness (QED) is 0.838. The van der Waals surface area contributed by atoms with Crippen LogP contribution in [0.15, 0.2) is 24.3 Å². The summed E-state index contributed by atoms with van der Waals surface area (Å²) in [5.41, 5.74) is 3.45. The molecule has 3 fully saturated rings. The third-order valence-electron chi connectivity index (χ3n) is 5.46. The van der Waals surface area contributed by atoms with Crippen LogP contribution in [0.5, 0.6) is 0 Å². The van der Waals surface area contributed by atoms with Gasteiger partial charge in [0.2, 0.25) is 0 Å². The highest BCUT2D eigenvalue weighted by atomic mass is 16.5. The third kappa shape index (κ3) is 1.95. The molecule has 4 rings (SSSR count). The Morgan fingerprint density at radius 3 is 2.90 bits per heavy atom. The Kier molecular flexibility index (Phi) is 3.00. The molecular formula is C17H24N2O. The van der Waals surface area contributed by atoms with E-state index in [1.54, 1.807) is 5.56 Å². The van der Waals surface area contributed by atoms with E-state index in [0.717, 1.165) is 32.2 Å². The van der Waals surface area contributed by atoms with Gasteiger partial charge in [-0.3, -0.25) is 0 Å². The van der Waals surface area contributed by atoms with Crippen molar-refractivity contribution >= 4 is 5.69 Å². The van der Waals surface area contributed by atoms with Crippen molar-refractivity contribution in [3.63, 3.8) is 0 Å². The molecule has 2 atom stereocenters. The number of ether oxygens (including phenoxy) is 1. The van der Waals surface area contributed by atoms with Gasteiger partial charge in [0.15, 0.2) is 0 Å². The maximum absolute atomic E-state index is 5.46. The van der Waals surface area contributed by atoms with Crippen molar-refractivity contribution in [2.45, 2.75) is 18.8 Å². The normalized spacial score (nSPS) is 33.2. The maximum Gasteiger partial charge on any atom is 0.0642 e. The molecule has 1 saturated carbocycles. The molecule has 2 aliphatic heterocycles. The number of nitrogens with zero attached hydrogens (tertiary/aromatic N) is 2. The number of likely N-dealkylation sites (tertiary alicyclic amines) is 1. The predicted octanol–water partition coefficient (Wildman–Crippen LogP) is 2.12. The van der Waals surface area contributed by atoms with E-state index in [-0.39, 0.29) is 0 Å². The molecule has 3 nitrogen and oxygen atoms in total. The SMILES string of the molecule is CCN1CC2CC2(c2cccc(N3CCOCC3)c2)C1. The van der Waals surface area contributed by atoms with Crippen LogP contribution in [0.4, 0.5) is 5.69 Å². The van der Waals surface area contributed by atoms with E-state index in [4.69, 9.17) is 4.74 Å². The number of hydrogen-bond acceptors (Lipinski definition) is 3. The molecule has 2 saturated heterocycles. The van der Waals surface area contributed by atoms with Gasteiger partial charge in [0, 0.05) is 37.3 Å². The molecule has 0 aromatic heterocycles. The summed E-state index contributed by atoms with van der Waals surface area (Å²) in [6, 6.07) is 9.31. The molecule has 1 aromatic carbocycles. The molecule has 0 N–H and O–H groups in total. The van der Waals surface area contributed by atoms with Crippen LogP contribution in [0.2, 0.25) is 0 Å². The third-order valence-corrected chi connectivity index (χ3v) is 5.46. The first-order valence-corrected chi connectivity index (χ1v) is 7.97. The van der Waals surface area contributed by atoms with Crippen molar-refractivity contribution in [3.8, 4) is 0 Å². The Balaban J connectivity index is 1.58. The second kappa shape index (κ2) is 4.74. The van der Waals surface area contributed by atoms with Gasteiger partial charge in [0.25, 0.3) is 0 Å². The lowest BCUT2D eigenvalue weighted by atomic mass is 9.94. The maximum atomic E-state index is 5.46. The number of rotatable bonds is 3. The van der Waals surface area contributed by atoms with E-state index in [9.17, 15) is 0 Å². The monoisotopic (exact) mass is 272 g/mol. The largest absolute Gasteiger partial charge is 0.378 e. The van der Waals surface area contributed by atoms with Crippen LogP contribution in [0.3, 0.4) is 0 Å². The van der Waals surface area contributed by atoms with Gasteiger partial charge in [-0.25, -0.2) is 0 Å². The van der Waals surface area contributed by atoms with Crippen LogP contribution in [0, 0.1) is 5.92 Å². The second-order valence-electron chi connectivity index (χ2n) is 6.53. The summed E-state index contributed by atoms with van der Waals surface area (Å²) in [5.74, 6) is 0.905. The summed E-state index contributed by atoms with van der Waals surface area (Å²) in [4.78, 5) is 5.07. The van der Waals surface area contributed by atoms with Gasteiger partial charge in [-0.1, -0.05) is 19.1 Å². The fourth-order valence-electron chi connectivity index (χ4n) is 4.11. The molecule has 2 heterocycles. The Hall–Kier alpha value is -1.06. The number of likely N-dealkylation sites (N-methyl/N-ethyl adjacent to an activating group) is 1. The Morgan fingerprint density at radius 2 is 2.15 bits per heavy atom. The highest BCUT2D eigenvalue weighted by molar-refractivity contribution is 5.52. The summed E-state index contributed by atoms with van der Waals surface area (Å²) in [5, 5.41) is 0. The first-order valence-electron chi connectivity index (χ1n) is 7.97. The minimum atomic E-state index is 0.484. The minimum absolute atomic E-state index is 0.484. The molecular weight excluding hydrogens is 248 g/mol. The molecule has 20 heavy (non-hydrogen) atoms. The fourth-order valence-corrected chi connectivity index (χ4v) is 4.11. The van der Waals surface area contributed by atoms with E-state index < -0.39 is 0 Å². The van der Waals surface area contributed by atoms with Crippen molar-refractivity contribution in [3.05, 3.63) is 29.8 Å². The fraction of sp³-hybridized carbons (Fsp3) is 0.647. The van der Waals surface area contributed by atoms with Crippen molar-refractivity contribution in [2.24, 2.45) is 5.92 Å². The summed E-state index contributed by atoms with van der Waals surface area (Å²) in [6.07, 6.45) is 1.40. The van der Waals surface area contributed by atoms with Crippen LogP contribution in [0.1, 0.15) is 18.9 Å². The average molecular weight is 272 g/mol. The molecule has 2 unspecified atom stereocenters. The topological polar surface area (TPSA) is 15.7 Å². The molecule has 3 aliphatic rings. The lowest BCUT2D eigenvalue weighted by molar-refractivity contribution is 0.122. The highest BCUT2D eigenvalue weighted by Gasteiger charge is 2.60. The molecule has 0 amide bonds. The molecule has 3 heteroatoms. The van der Waals surface area contributed by atoms with Crippen LogP contribution in [-0.4, -0.2) is 50.8 Å². The van der Waals surface area contributed by atoms with Gasteiger partial charge in [-0.2, -0.15) is 0 Å². The van der Waals surface area contributed by atoms with E-state index in [2.05, 4.69) is 41.0 Å². The first-order chi connectivity index (χ1) is 9.82. The molecule has 1 aromatic rings. The zero-order valence-corrected chi connectivity index (χ0v) is 12.3. The zero-order chi connectivity index (χ0) is 13.6. The standard InChI is InChI=1S/C17H24N2O/c1-2-18-12-15-11-17(15,13-18)14-4-3-5-16(10-14)19-6-8-20-9-7-19/h3-5,10,15H,2,6-9,11-13H2,1H3. The predicted molar refractivity (Wildman–Crippen MR) is 81.4 cm³/mol. The van der Waals surface area contributed by atoms with Gasteiger partial charge in [-0.05, 0) is 36.6 Å². The number of piperidine rings is 1. The average Bonchev–Trinajstić information content (AvgIpc) is 3.10. The van der Waals surface area contributed by atoms with Crippen molar-refractivity contribution < 1.29 is 4.74 Å². The van der Waals surface area contributed by atoms with Gasteiger partial charge in [-0.15, -0.1) is 0 Å². The van der Waals surface area contributed by atoms with E-state index >= 15 is 0 Å². The Labute approximate surface area is 121 Å². The Bertz CT molecular complexity index is 498. The summed E-state index contributed by atoms with van der Waals surface area (Å²) >= 11 is 0. The number of anilines is 1. The molecule has 0 spiro atoms. The highest BCUT2D eigenvalue weighted by Crippen LogP contribution is 2.59. The number of benzene rings is 1. The minimum Gasteiger partial charge on any atom is -0.378 e. The van der Waals surface area contributed by atoms with Crippen molar-refractivity contribution in [2.75, 3.05) is 50.8 Å². The number of hydrogen-bond donors (Lipinski definition) is 0. The first kappa shape index (κ1) is 12.7. The van der Waals surface area contributed by atoms with Gasteiger partial charge >= 0.3 is 0 Å². The molecule has 108 valence electrons. The van der Waals surface area contributed by atoms with Crippen LogP contribution < -0.4 is 4.90 Å². The summed E-state index contributed by atoms with van der Waals surface area (Å²) in [7, 11) is 0. The van der Waals surface area contributed by atoms with Gasteiger partial charge in [0.1, 0.15) is 0 Å².